The number of rotatable bonds is 6. The van der Waals surface area contributed by atoms with Crippen LogP contribution in [0, 0.1) is 5.82 Å². The van der Waals surface area contributed by atoms with Crippen molar-refractivity contribution < 1.29 is 4.39 Å². The molecule has 0 fully saturated rings. The molecule has 0 aromatic heterocycles. The summed E-state index contributed by atoms with van der Waals surface area (Å²) in [5, 5.41) is 0. The van der Waals surface area contributed by atoms with Crippen molar-refractivity contribution in [3.05, 3.63) is 29.6 Å². The lowest BCUT2D eigenvalue weighted by Crippen LogP contribution is -2.05. The molecule has 1 nitrogen and oxygen atoms in total. The highest BCUT2D eigenvalue weighted by atomic mass is 32.2. The first kappa shape index (κ1) is 13.5. The Morgan fingerprint density at radius 3 is 2.69 bits per heavy atom. The van der Waals surface area contributed by atoms with Crippen LogP contribution in [0.4, 0.5) is 4.39 Å². The van der Waals surface area contributed by atoms with Crippen molar-refractivity contribution in [2.75, 3.05) is 5.75 Å². The minimum absolute atomic E-state index is 0.103. The van der Waals surface area contributed by atoms with Gasteiger partial charge in [-0.1, -0.05) is 25.8 Å². The Kier molecular flexibility index (Phi) is 5.85. The number of nitrogens with two attached hydrogens (primary N) is 1. The van der Waals surface area contributed by atoms with Gasteiger partial charge < -0.3 is 5.73 Å². The quantitative estimate of drug-likeness (QED) is 0.598. The maximum atomic E-state index is 13.6. The molecule has 16 heavy (non-hydrogen) atoms. The molecule has 0 saturated carbocycles. The first-order chi connectivity index (χ1) is 7.65. The molecule has 0 aliphatic carbocycles. The fourth-order valence-corrected chi connectivity index (χ4v) is 2.38. The Balaban J connectivity index is 2.54. The highest BCUT2D eigenvalue weighted by molar-refractivity contribution is 7.99. The summed E-state index contributed by atoms with van der Waals surface area (Å²) in [4.78, 5) is 0.737. The summed E-state index contributed by atoms with van der Waals surface area (Å²) in [6.45, 7) is 4.03. The minimum atomic E-state index is -0.142. The third-order valence-electron chi connectivity index (χ3n) is 2.49. The number of hydrogen-bond acceptors (Lipinski definition) is 2. The number of thioether (sulfide) groups is 1. The summed E-state index contributed by atoms with van der Waals surface area (Å²) in [6, 6.07) is 5.20. The summed E-state index contributed by atoms with van der Waals surface area (Å²) in [5.74, 6) is 0.846. The Hall–Kier alpha value is -0.540. The zero-order valence-electron chi connectivity index (χ0n) is 10.0. The summed E-state index contributed by atoms with van der Waals surface area (Å²) in [6.07, 6.45) is 3.56. The van der Waals surface area contributed by atoms with Crippen molar-refractivity contribution in [1.29, 1.82) is 0 Å². The molecule has 0 aliphatic rings. The van der Waals surface area contributed by atoms with Crippen LogP contribution in [0.3, 0.4) is 0 Å². The second-order valence-corrected chi connectivity index (χ2v) is 5.17. The maximum Gasteiger partial charge on any atom is 0.137 e. The van der Waals surface area contributed by atoms with Crippen LogP contribution in [-0.4, -0.2) is 5.75 Å². The molecular formula is C13H20FNS. The minimum Gasteiger partial charge on any atom is -0.324 e. The normalized spacial score (nSPS) is 12.8. The van der Waals surface area contributed by atoms with E-state index >= 15 is 0 Å². The van der Waals surface area contributed by atoms with Crippen LogP contribution >= 0.6 is 11.8 Å². The van der Waals surface area contributed by atoms with Gasteiger partial charge in [0.1, 0.15) is 5.82 Å². The van der Waals surface area contributed by atoms with Crippen LogP contribution in [0.5, 0.6) is 0 Å². The van der Waals surface area contributed by atoms with Crippen LogP contribution in [0.1, 0.15) is 44.7 Å². The summed E-state index contributed by atoms with van der Waals surface area (Å²) in [7, 11) is 0. The van der Waals surface area contributed by atoms with E-state index in [9.17, 15) is 4.39 Å². The van der Waals surface area contributed by atoms with Gasteiger partial charge >= 0.3 is 0 Å². The van der Waals surface area contributed by atoms with Crippen LogP contribution < -0.4 is 5.73 Å². The Morgan fingerprint density at radius 2 is 2.12 bits per heavy atom. The van der Waals surface area contributed by atoms with Crippen molar-refractivity contribution in [3.63, 3.8) is 0 Å². The van der Waals surface area contributed by atoms with Gasteiger partial charge in [-0.05, 0) is 36.8 Å². The Morgan fingerprint density at radius 1 is 1.38 bits per heavy atom. The van der Waals surface area contributed by atoms with Gasteiger partial charge in [-0.25, -0.2) is 4.39 Å². The highest BCUT2D eigenvalue weighted by Gasteiger charge is 2.06. The smallest absolute Gasteiger partial charge is 0.137 e. The molecule has 1 aromatic rings. The first-order valence-electron chi connectivity index (χ1n) is 5.83. The average Bonchev–Trinajstić information content (AvgIpc) is 2.26. The van der Waals surface area contributed by atoms with E-state index < -0.39 is 0 Å². The molecule has 90 valence electrons. The van der Waals surface area contributed by atoms with E-state index in [1.807, 2.05) is 19.1 Å². The lowest BCUT2D eigenvalue weighted by atomic mass is 10.1. The van der Waals surface area contributed by atoms with Crippen molar-refractivity contribution >= 4 is 11.8 Å². The van der Waals surface area contributed by atoms with Crippen LogP contribution in [-0.2, 0) is 0 Å². The van der Waals surface area contributed by atoms with E-state index in [2.05, 4.69) is 6.92 Å². The van der Waals surface area contributed by atoms with Crippen LogP contribution in [0.15, 0.2) is 23.1 Å². The molecule has 0 saturated heterocycles. The van der Waals surface area contributed by atoms with Crippen LogP contribution in [0.25, 0.3) is 0 Å². The van der Waals surface area contributed by atoms with Gasteiger partial charge in [0.25, 0.3) is 0 Å². The number of unbranched alkanes of at least 4 members (excludes halogenated alkanes) is 2. The van der Waals surface area contributed by atoms with E-state index in [1.54, 1.807) is 17.8 Å². The van der Waals surface area contributed by atoms with Gasteiger partial charge in [0.15, 0.2) is 0 Å². The lowest BCUT2D eigenvalue weighted by molar-refractivity contribution is 0.596. The zero-order valence-corrected chi connectivity index (χ0v) is 10.8. The Bertz CT molecular complexity index is 326. The zero-order chi connectivity index (χ0) is 12.0. The lowest BCUT2D eigenvalue weighted by Gasteiger charge is -2.08. The van der Waals surface area contributed by atoms with Crippen molar-refractivity contribution in [2.24, 2.45) is 5.73 Å². The molecule has 0 spiro atoms. The molecule has 0 amide bonds. The first-order valence-corrected chi connectivity index (χ1v) is 6.81. The molecule has 0 unspecified atom stereocenters. The molecular weight excluding hydrogens is 221 g/mol. The second kappa shape index (κ2) is 6.92. The topological polar surface area (TPSA) is 26.0 Å². The van der Waals surface area contributed by atoms with E-state index in [0.717, 1.165) is 22.6 Å². The fraction of sp³-hybridized carbons (Fsp3) is 0.538. The largest absolute Gasteiger partial charge is 0.324 e. The van der Waals surface area contributed by atoms with Crippen molar-refractivity contribution in [1.82, 2.24) is 0 Å². The predicted molar refractivity (Wildman–Crippen MR) is 69.3 cm³/mol. The van der Waals surface area contributed by atoms with E-state index in [4.69, 9.17) is 5.73 Å². The van der Waals surface area contributed by atoms with Gasteiger partial charge in [0.2, 0.25) is 0 Å². The number of hydrogen-bond donors (Lipinski definition) is 1. The molecule has 0 bridgehead atoms. The molecule has 2 N–H and O–H groups in total. The van der Waals surface area contributed by atoms with Gasteiger partial charge in [0, 0.05) is 10.9 Å². The summed E-state index contributed by atoms with van der Waals surface area (Å²) < 4.78 is 13.6. The third-order valence-corrected chi connectivity index (χ3v) is 3.62. The molecule has 1 atom stereocenters. The van der Waals surface area contributed by atoms with E-state index in [0.29, 0.717) is 0 Å². The van der Waals surface area contributed by atoms with E-state index in [-0.39, 0.29) is 11.9 Å². The van der Waals surface area contributed by atoms with Crippen molar-refractivity contribution in [2.45, 2.75) is 44.0 Å². The van der Waals surface area contributed by atoms with Gasteiger partial charge in [0.05, 0.1) is 0 Å². The van der Waals surface area contributed by atoms with Crippen LogP contribution in [0.2, 0.25) is 0 Å². The van der Waals surface area contributed by atoms with Gasteiger partial charge in [-0.15, -0.1) is 11.8 Å². The monoisotopic (exact) mass is 241 g/mol. The van der Waals surface area contributed by atoms with Gasteiger partial charge in [-0.3, -0.25) is 0 Å². The standard InChI is InChI=1S/C13H20FNS/c1-3-4-5-8-16-13-7-6-11(10(2)15)9-12(13)14/h6-7,9-10H,3-5,8,15H2,1-2H3/t10-/m0/s1. The summed E-state index contributed by atoms with van der Waals surface area (Å²) in [5.41, 5.74) is 6.56. The number of halogens is 1. The second-order valence-electron chi connectivity index (χ2n) is 4.03. The molecule has 0 radical (unpaired) electrons. The molecule has 1 rings (SSSR count). The number of benzene rings is 1. The molecule has 0 aliphatic heterocycles. The van der Waals surface area contributed by atoms with Gasteiger partial charge in [-0.2, -0.15) is 0 Å². The summed E-state index contributed by atoms with van der Waals surface area (Å²) >= 11 is 1.59. The molecule has 0 heterocycles. The Labute approximate surface area is 102 Å². The van der Waals surface area contributed by atoms with Crippen molar-refractivity contribution in [3.8, 4) is 0 Å². The molecule has 1 aromatic carbocycles. The average molecular weight is 241 g/mol. The van der Waals surface area contributed by atoms with E-state index in [1.165, 1.54) is 12.8 Å². The predicted octanol–water partition coefficient (Wildman–Crippen LogP) is 4.13. The molecule has 3 heteroatoms. The SMILES string of the molecule is CCCCCSc1ccc([C@H](C)N)cc1F. The third kappa shape index (κ3) is 4.14. The highest BCUT2D eigenvalue weighted by Crippen LogP contribution is 2.25. The maximum absolute atomic E-state index is 13.6. The fourth-order valence-electron chi connectivity index (χ4n) is 1.45.